The van der Waals surface area contributed by atoms with E-state index < -0.39 is 0 Å². The van der Waals surface area contributed by atoms with E-state index in [-0.39, 0.29) is 0 Å². The number of thiocarbonyl (C=S) groups is 1. The second kappa shape index (κ2) is 7.13. The van der Waals surface area contributed by atoms with Crippen LogP contribution in [0.3, 0.4) is 0 Å². The van der Waals surface area contributed by atoms with Gasteiger partial charge < -0.3 is 0 Å². The number of unbranched alkanes of at least 4 members (excludes halogenated alkanes) is 4. The zero-order valence-electron chi connectivity index (χ0n) is 8.25. The summed E-state index contributed by atoms with van der Waals surface area (Å²) in [7, 11) is 0. The summed E-state index contributed by atoms with van der Waals surface area (Å²) in [5.41, 5.74) is 0. The van der Waals surface area contributed by atoms with Gasteiger partial charge in [-0.3, -0.25) is 0 Å². The molecule has 3 heteroatoms. The van der Waals surface area contributed by atoms with E-state index >= 15 is 0 Å². The van der Waals surface area contributed by atoms with Crippen LogP contribution < -0.4 is 0 Å². The lowest BCUT2D eigenvalue weighted by atomic mass is 10.1. The molecule has 0 nitrogen and oxygen atoms in total. The summed E-state index contributed by atoms with van der Waals surface area (Å²) in [6, 6.07) is 0. The molecule has 1 atom stereocenters. The zero-order chi connectivity index (χ0) is 9.52. The van der Waals surface area contributed by atoms with E-state index in [9.17, 15) is 0 Å². The first-order valence-electron chi connectivity index (χ1n) is 5.16. The maximum absolute atomic E-state index is 5.14. The number of rotatable bonds is 6. The van der Waals surface area contributed by atoms with E-state index in [1.807, 2.05) is 23.5 Å². The topological polar surface area (TPSA) is 0 Å². The molecule has 0 spiro atoms. The van der Waals surface area contributed by atoms with Gasteiger partial charge in [-0.15, -0.1) is 23.5 Å². The lowest BCUT2D eigenvalue weighted by Crippen LogP contribution is -1.99. The van der Waals surface area contributed by atoms with Gasteiger partial charge in [0.2, 0.25) is 0 Å². The molecule has 0 aliphatic carbocycles. The van der Waals surface area contributed by atoms with Crippen molar-refractivity contribution in [2.45, 2.75) is 50.7 Å². The fourth-order valence-electron chi connectivity index (χ4n) is 1.48. The molecule has 0 saturated carbocycles. The first-order valence-corrected chi connectivity index (χ1v) is 7.43. The Morgan fingerprint density at radius 3 is 2.69 bits per heavy atom. The third-order valence-electron chi connectivity index (χ3n) is 2.28. The van der Waals surface area contributed by atoms with Crippen LogP contribution in [0.4, 0.5) is 0 Å². The Hall–Kier alpha value is 0.790. The first kappa shape index (κ1) is 11.9. The van der Waals surface area contributed by atoms with Crippen LogP contribution in [0.5, 0.6) is 0 Å². The van der Waals surface area contributed by atoms with Gasteiger partial charge in [0.25, 0.3) is 0 Å². The largest absolute Gasteiger partial charge is 0.107 e. The van der Waals surface area contributed by atoms with Crippen molar-refractivity contribution in [2.24, 2.45) is 0 Å². The fraction of sp³-hybridized carbons (Fsp3) is 0.900. The highest BCUT2D eigenvalue weighted by Gasteiger charge is 2.19. The predicted octanol–water partition coefficient (Wildman–Crippen LogP) is 4.48. The summed E-state index contributed by atoms with van der Waals surface area (Å²) < 4.78 is 1.17. The highest BCUT2D eigenvalue weighted by Crippen LogP contribution is 2.35. The van der Waals surface area contributed by atoms with Crippen LogP contribution in [-0.4, -0.2) is 14.5 Å². The Bertz CT molecular complexity index is 156. The Morgan fingerprint density at radius 2 is 2.08 bits per heavy atom. The van der Waals surface area contributed by atoms with Gasteiger partial charge >= 0.3 is 0 Å². The molecule has 13 heavy (non-hydrogen) atoms. The molecule has 1 fully saturated rings. The molecule has 1 aliphatic rings. The Balaban J connectivity index is 1.91. The second-order valence-electron chi connectivity index (χ2n) is 3.50. The average molecular weight is 234 g/mol. The molecule has 1 unspecified atom stereocenters. The maximum Gasteiger partial charge on any atom is 0.104 e. The minimum Gasteiger partial charge on any atom is -0.107 e. The fourth-order valence-corrected chi connectivity index (χ4v) is 4.50. The summed E-state index contributed by atoms with van der Waals surface area (Å²) in [6.07, 6.45) is 8.37. The van der Waals surface area contributed by atoms with Crippen LogP contribution in [0.25, 0.3) is 0 Å². The molecule has 0 aromatic carbocycles. The summed E-state index contributed by atoms with van der Waals surface area (Å²) in [4.78, 5) is 0. The quantitative estimate of drug-likeness (QED) is 0.491. The zero-order valence-corrected chi connectivity index (χ0v) is 10.7. The van der Waals surface area contributed by atoms with Gasteiger partial charge in [-0.05, 0) is 6.42 Å². The average Bonchev–Trinajstić information content (AvgIpc) is 2.51. The van der Waals surface area contributed by atoms with E-state index in [0.29, 0.717) is 0 Å². The molecule has 0 amide bonds. The van der Waals surface area contributed by atoms with E-state index in [1.54, 1.807) is 0 Å². The maximum atomic E-state index is 5.14. The number of hydrogen-bond acceptors (Lipinski definition) is 3. The molecule has 1 aliphatic heterocycles. The predicted molar refractivity (Wildman–Crippen MR) is 69.8 cm³/mol. The highest BCUT2D eigenvalue weighted by molar-refractivity contribution is 8.49. The molecule has 0 aromatic rings. The Kier molecular flexibility index (Phi) is 6.51. The van der Waals surface area contributed by atoms with Gasteiger partial charge in [0.05, 0.1) is 0 Å². The second-order valence-corrected chi connectivity index (χ2v) is 7.03. The van der Waals surface area contributed by atoms with Crippen molar-refractivity contribution in [3.05, 3.63) is 0 Å². The van der Waals surface area contributed by atoms with Crippen LogP contribution in [0.15, 0.2) is 0 Å². The number of hydrogen-bond donors (Lipinski definition) is 0. The Labute approximate surface area is 95.6 Å². The van der Waals surface area contributed by atoms with Crippen molar-refractivity contribution in [2.75, 3.05) is 5.75 Å². The molecule has 76 valence electrons. The smallest absolute Gasteiger partial charge is 0.104 e. The molecule has 0 bridgehead atoms. The van der Waals surface area contributed by atoms with E-state index in [1.165, 1.54) is 47.8 Å². The van der Waals surface area contributed by atoms with Gasteiger partial charge in [-0.1, -0.05) is 51.2 Å². The lowest BCUT2D eigenvalue weighted by molar-refractivity contribution is 0.609. The summed E-state index contributed by atoms with van der Waals surface area (Å²) in [6.45, 7) is 2.27. The van der Waals surface area contributed by atoms with Crippen molar-refractivity contribution in [3.63, 3.8) is 0 Å². The van der Waals surface area contributed by atoms with Crippen LogP contribution in [0.2, 0.25) is 0 Å². The summed E-state index contributed by atoms with van der Waals surface area (Å²) >= 11 is 8.93. The van der Waals surface area contributed by atoms with Gasteiger partial charge in [0, 0.05) is 11.0 Å². The van der Waals surface area contributed by atoms with E-state index in [2.05, 4.69) is 6.92 Å². The minimum atomic E-state index is 0.833. The molecule has 0 N–H and O–H groups in total. The van der Waals surface area contributed by atoms with Crippen LogP contribution >= 0.6 is 35.7 Å². The van der Waals surface area contributed by atoms with Crippen molar-refractivity contribution in [3.8, 4) is 0 Å². The van der Waals surface area contributed by atoms with Crippen molar-refractivity contribution in [1.29, 1.82) is 0 Å². The minimum absolute atomic E-state index is 0.833. The molecule has 1 heterocycles. The summed E-state index contributed by atoms with van der Waals surface area (Å²) in [5.74, 6) is 1.26. The molecule has 0 radical (unpaired) electrons. The van der Waals surface area contributed by atoms with Gasteiger partial charge in [-0.25, -0.2) is 0 Å². The third-order valence-corrected chi connectivity index (χ3v) is 5.51. The normalized spacial score (nSPS) is 22.5. The molecule has 0 aromatic heterocycles. The molecule has 1 saturated heterocycles. The van der Waals surface area contributed by atoms with Crippen molar-refractivity contribution >= 4 is 39.3 Å². The molecule has 1 rings (SSSR count). The summed E-state index contributed by atoms with van der Waals surface area (Å²) in [5, 5.41) is 0.833. The SMILES string of the molecule is CCCCCCCC1CSC(=S)S1. The monoisotopic (exact) mass is 234 g/mol. The highest BCUT2D eigenvalue weighted by atomic mass is 32.2. The van der Waals surface area contributed by atoms with Gasteiger partial charge in [0.15, 0.2) is 0 Å². The lowest BCUT2D eigenvalue weighted by Gasteiger charge is -2.05. The van der Waals surface area contributed by atoms with Crippen molar-refractivity contribution in [1.82, 2.24) is 0 Å². The van der Waals surface area contributed by atoms with Gasteiger partial charge in [0.1, 0.15) is 3.53 Å². The van der Waals surface area contributed by atoms with Crippen LogP contribution in [-0.2, 0) is 0 Å². The van der Waals surface area contributed by atoms with Crippen LogP contribution in [0.1, 0.15) is 45.4 Å². The molecular formula is C10H18S3. The third kappa shape index (κ3) is 5.28. The van der Waals surface area contributed by atoms with Gasteiger partial charge in [-0.2, -0.15) is 0 Å². The standard InChI is InChI=1S/C10H18S3/c1-2-3-4-5-6-7-9-8-12-10(11)13-9/h9H,2-8H2,1H3. The first-order chi connectivity index (χ1) is 6.33. The van der Waals surface area contributed by atoms with E-state index in [4.69, 9.17) is 12.2 Å². The Morgan fingerprint density at radius 1 is 1.31 bits per heavy atom. The van der Waals surface area contributed by atoms with Crippen molar-refractivity contribution < 1.29 is 0 Å². The number of thioether (sulfide) groups is 2. The van der Waals surface area contributed by atoms with E-state index in [0.717, 1.165) is 5.25 Å². The molecular weight excluding hydrogens is 216 g/mol. The van der Waals surface area contributed by atoms with Crippen LogP contribution in [0, 0.1) is 0 Å².